The topological polar surface area (TPSA) is 156 Å². The molecule has 0 radical (unpaired) electrons. The third-order valence-corrected chi connectivity index (χ3v) is 9.51. The first-order chi connectivity index (χ1) is 20.1. The van der Waals surface area contributed by atoms with Gasteiger partial charge in [0.15, 0.2) is 0 Å². The first-order valence-corrected chi connectivity index (χ1v) is 15.7. The fourth-order valence-corrected chi connectivity index (χ4v) is 7.37. The third kappa shape index (κ3) is 6.03. The number of ether oxygens (including phenoxy) is 2. The van der Waals surface area contributed by atoms with Crippen molar-refractivity contribution in [2.75, 3.05) is 14.2 Å². The van der Waals surface area contributed by atoms with E-state index in [1.165, 1.54) is 29.1 Å². The van der Waals surface area contributed by atoms with Crippen LogP contribution in [0.15, 0.2) is 106 Å². The van der Waals surface area contributed by atoms with Gasteiger partial charge in [-0.2, -0.15) is 4.80 Å². The molecule has 0 bridgehead atoms. The minimum absolute atomic E-state index is 0.0688. The van der Waals surface area contributed by atoms with E-state index < -0.39 is 29.7 Å². The molecule has 0 saturated carbocycles. The molecule has 216 valence electrons. The van der Waals surface area contributed by atoms with Crippen LogP contribution in [0.2, 0.25) is 0 Å². The average molecular weight is 606 g/mol. The zero-order valence-electron chi connectivity index (χ0n) is 22.7. The number of sulfone groups is 1. The van der Waals surface area contributed by atoms with Crippen LogP contribution in [-0.2, 0) is 32.8 Å². The normalized spacial score (nSPS) is 11.8. The number of tetrazole rings is 1. The Morgan fingerprint density at radius 2 is 1.29 bits per heavy atom. The van der Waals surface area contributed by atoms with Crippen molar-refractivity contribution >= 4 is 19.9 Å². The third-order valence-electron chi connectivity index (χ3n) is 6.56. The molecule has 1 heterocycles. The van der Waals surface area contributed by atoms with Crippen molar-refractivity contribution in [1.82, 2.24) is 20.2 Å². The Morgan fingerprint density at radius 1 is 0.714 bits per heavy atom. The lowest BCUT2D eigenvalue weighted by Crippen LogP contribution is -2.17. The van der Waals surface area contributed by atoms with Crippen molar-refractivity contribution < 1.29 is 26.3 Å². The number of rotatable bonds is 10. The summed E-state index contributed by atoms with van der Waals surface area (Å²) in [5, 5.41) is 18.3. The van der Waals surface area contributed by atoms with Crippen LogP contribution in [0.4, 0.5) is 0 Å². The first kappa shape index (κ1) is 28.9. The highest BCUT2D eigenvalue weighted by molar-refractivity contribution is 7.93. The summed E-state index contributed by atoms with van der Waals surface area (Å²) in [4.78, 5) is 0.234. The lowest BCUT2D eigenvalue weighted by atomic mass is 9.99. The van der Waals surface area contributed by atoms with E-state index in [0.29, 0.717) is 23.5 Å². The molecule has 0 saturated heterocycles. The minimum atomic E-state index is -4.42. The standard InChI is InChI=1S/C29H27N5O6S2/c1-39-23-14-10-20(11-15-23)18-22-6-5-9-27(41(35,36)25-7-3-4-8-26(25)42(30,37)38)28(22)29-31-33-34(32-29)19-21-12-16-24(40-2)17-13-21/h3-17H,18-19H2,1-2H3,(H2,30,37,38). The van der Waals surface area contributed by atoms with Crippen LogP contribution in [-0.4, -0.2) is 51.3 Å². The summed E-state index contributed by atoms with van der Waals surface area (Å²) in [5.74, 6) is 1.45. The second kappa shape index (κ2) is 11.7. The zero-order valence-corrected chi connectivity index (χ0v) is 24.3. The van der Waals surface area contributed by atoms with Crippen molar-refractivity contribution in [2.24, 2.45) is 5.14 Å². The molecule has 2 N–H and O–H groups in total. The molecule has 42 heavy (non-hydrogen) atoms. The monoisotopic (exact) mass is 605 g/mol. The SMILES string of the molecule is COc1ccc(Cc2cccc(S(=O)(=O)c3ccccc3S(N)(=O)=O)c2-c2nnn(Cc3ccc(OC)cc3)n2)cc1. The molecule has 5 rings (SSSR count). The van der Waals surface area contributed by atoms with Crippen LogP contribution in [0.25, 0.3) is 11.4 Å². The van der Waals surface area contributed by atoms with Gasteiger partial charge in [0.25, 0.3) is 0 Å². The van der Waals surface area contributed by atoms with Gasteiger partial charge in [-0.1, -0.05) is 48.5 Å². The van der Waals surface area contributed by atoms with Crippen LogP contribution in [0.5, 0.6) is 11.5 Å². The molecular weight excluding hydrogens is 578 g/mol. The molecule has 11 nitrogen and oxygen atoms in total. The molecule has 5 aromatic rings. The Morgan fingerprint density at radius 3 is 1.88 bits per heavy atom. The quantitative estimate of drug-likeness (QED) is 0.252. The van der Waals surface area contributed by atoms with Gasteiger partial charge in [-0.15, -0.1) is 10.2 Å². The number of primary sulfonamides is 1. The molecule has 0 aliphatic heterocycles. The van der Waals surface area contributed by atoms with E-state index in [1.54, 1.807) is 38.5 Å². The van der Waals surface area contributed by atoms with Crippen LogP contribution in [0.3, 0.4) is 0 Å². The van der Waals surface area contributed by atoms with Gasteiger partial charge in [0, 0.05) is 5.56 Å². The highest BCUT2D eigenvalue weighted by Gasteiger charge is 2.30. The van der Waals surface area contributed by atoms with Crippen molar-refractivity contribution in [2.45, 2.75) is 27.7 Å². The summed E-state index contributed by atoms with van der Waals surface area (Å²) < 4.78 is 63.3. The maximum Gasteiger partial charge on any atom is 0.239 e. The van der Waals surface area contributed by atoms with Gasteiger partial charge in [0.1, 0.15) is 16.4 Å². The lowest BCUT2D eigenvalue weighted by molar-refractivity contribution is 0.414. The molecular formula is C29H27N5O6S2. The average Bonchev–Trinajstić information content (AvgIpc) is 3.45. The van der Waals surface area contributed by atoms with E-state index in [4.69, 9.17) is 14.6 Å². The van der Waals surface area contributed by atoms with Gasteiger partial charge < -0.3 is 9.47 Å². The Labute approximate surface area is 243 Å². The van der Waals surface area contributed by atoms with E-state index in [9.17, 15) is 16.8 Å². The Bertz CT molecular complexity index is 1940. The second-order valence-electron chi connectivity index (χ2n) is 9.30. The fraction of sp³-hybridized carbons (Fsp3) is 0.138. The number of hydrogen-bond acceptors (Lipinski definition) is 9. The van der Waals surface area contributed by atoms with E-state index in [2.05, 4.69) is 15.4 Å². The maximum absolute atomic E-state index is 14.1. The molecule has 0 atom stereocenters. The van der Waals surface area contributed by atoms with Crippen LogP contribution in [0.1, 0.15) is 16.7 Å². The first-order valence-electron chi connectivity index (χ1n) is 12.6. The summed E-state index contributed by atoms with van der Waals surface area (Å²) in [6.07, 6.45) is 0.326. The summed E-state index contributed by atoms with van der Waals surface area (Å²) in [5.41, 5.74) is 2.56. The maximum atomic E-state index is 14.1. The van der Waals surface area contributed by atoms with E-state index in [0.717, 1.165) is 17.2 Å². The van der Waals surface area contributed by atoms with Gasteiger partial charge in [0.05, 0.1) is 30.6 Å². The predicted molar refractivity (Wildman–Crippen MR) is 154 cm³/mol. The number of methoxy groups -OCH3 is 2. The molecule has 0 fully saturated rings. The van der Waals surface area contributed by atoms with Crippen molar-refractivity contribution in [1.29, 1.82) is 0 Å². The molecule has 13 heteroatoms. The predicted octanol–water partition coefficient (Wildman–Crippen LogP) is 3.48. The molecule has 0 spiro atoms. The lowest BCUT2D eigenvalue weighted by Gasteiger charge is -2.15. The summed E-state index contributed by atoms with van der Waals surface area (Å²) in [6.45, 7) is 0.272. The fourth-order valence-electron chi connectivity index (χ4n) is 4.50. The molecule has 0 unspecified atom stereocenters. The van der Waals surface area contributed by atoms with Gasteiger partial charge >= 0.3 is 0 Å². The van der Waals surface area contributed by atoms with Crippen molar-refractivity contribution in [3.8, 4) is 22.9 Å². The smallest absolute Gasteiger partial charge is 0.239 e. The summed E-state index contributed by atoms with van der Waals surface area (Å²) in [6, 6.07) is 24.7. The largest absolute Gasteiger partial charge is 0.497 e. The highest BCUT2D eigenvalue weighted by atomic mass is 32.2. The zero-order chi connectivity index (χ0) is 29.9. The molecule has 1 aromatic heterocycles. The number of hydrogen-bond donors (Lipinski definition) is 1. The summed E-state index contributed by atoms with van der Waals surface area (Å²) >= 11 is 0. The van der Waals surface area contributed by atoms with Gasteiger partial charge in [-0.25, -0.2) is 22.0 Å². The van der Waals surface area contributed by atoms with Crippen LogP contribution >= 0.6 is 0 Å². The van der Waals surface area contributed by atoms with Gasteiger partial charge in [-0.3, -0.25) is 0 Å². The number of sulfonamides is 1. The Hall–Kier alpha value is -4.59. The van der Waals surface area contributed by atoms with Gasteiger partial charge in [-0.05, 0) is 70.8 Å². The molecule has 0 amide bonds. The number of nitrogens with zero attached hydrogens (tertiary/aromatic N) is 4. The number of aromatic nitrogens is 4. The Balaban J connectivity index is 1.64. The highest BCUT2D eigenvalue weighted by Crippen LogP contribution is 2.35. The number of nitrogens with two attached hydrogens (primary N) is 1. The van der Waals surface area contributed by atoms with Crippen LogP contribution in [0, 0.1) is 0 Å². The molecule has 0 aliphatic carbocycles. The molecule has 4 aromatic carbocycles. The van der Waals surface area contributed by atoms with E-state index in [-0.39, 0.29) is 22.8 Å². The molecule has 0 aliphatic rings. The van der Waals surface area contributed by atoms with Crippen LogP contribution < -0.4 is 14.6 Å². The second-order valence-corrected chi connectivity index (χ2v) is 12.7. The van der Waals surface area contributed by atoms with Gasteiger partial charge in [0.2, 0.25) is 25.7 Å². The number of benzene rings is 4. The van der Waals surface area contributed by atoms with Crippen molar-refractivity contribution in [3.05, 3.63) is 108 Å². The Kier molecular flexibility index (Phi) is 8.07. The summed E-state index contributed by atoms with van der Waals surface area (Å²) in [7, 11) is -5.62. The van der Waals surface area contributed by atoms with E-state index in [1.807, 2.05) is 36.4 Å². The van der Waals surface area contributed by atoms with Crippen molar-refractivity contribution in [3.63, 3.8) is 0 Å². The minimum Gasteiger partial charge on any atom is -0.497 e. The van der Waals surface area contributed by atoms with E-state index >= 15 is 0 Å².